The van der Waals surface area contributed by atoms with Crippen molar-refractivity contribution in [2.75, 3.05) is 6.61 Å². The molecule has 0 spiro atoms. The standard InChI is InChI=1S/C11H17NO5/c1-4-5-14-8-7(6-12-13)15-10-9(8)16-11(2,3)17-10/h4,6-10,13H,1,5H2,2-3H3/t7-,8+,9-,10-/m1/s1. The van der Waals surface area contributed by atoms with E-state index < -0.39 is 18.2 Å². The van der Waals surface area contributed by atoms with Gasteiger partial charge in [-0.2, -0.15) is 0 Å². The summed E-state index contributed by atoms with van der Waals surface area (Å²) < 4.78 is 22.4. The van der Waals surface area contributed by atoms with Crippen LogP contribution in [0, 0.1) is 0 Å². The summed E-state index contributed by atoms with van der Waals surface area (Å²) in [6.07, 6.45) is 1.24. The van der Waals surface area contributed by atoms with Crippen LogP contribution in [0.2, 0.25) is 0 Å². The summed E-state index contributed by atoms with van der Waals surface area (Å²) >= 11 is 0. The van der Waals surface area contributed by atoms with Gasteiger partial charge in [-0.15, -0.1) is 6.58 Å². The van der Waals surface area contributed by atoms with E-state index in [1.54, 1.807) is 6.08 Å². The molecule has 1 N–H and O–H groups in total. The Bertz CT molecular complexity index is 317. The van der Waals surface area contributed by atoms with E-state index in [1.807, 2.05) is 13.8 Å². The Morgan fingerprint density at radius 2 is 2.24 bits per heavy atom. The molecule has 0 saturated carbocycles. The molecule has 2 saturated heterocycles. The molecule has 6 nitrogen and oxygen atoms in total. The highest BCUT2D eigenvalue weighted by Crippen LogP contribution is 2.38. The maximum absolute atomic E-state index is 8.57. The lowest BCUT2D eigenvalue weighted by Gasteiger charge is -2.23. The van der Waals surface area contributed by atoms with Gasteiger partial charge in [0.25, 0.3) is 0 Å². The van der Waals surface area contributed by atoms with Gasteiger partial charge in [-0.3, -0.25) is 0 Å². The fraction of sp³-hybridized carbons (Fsp3) is 0.727. The van der Waals surface area contributed by atoms with Crippen molar-refractivity contribution in [2.24, 2.45) is 5.16 Å². The van der Waals surface area contributed by atoms with Crippen molar-refractivity contribution in [1.82, 2.24) is 0 Å². The van der Waals surface area contributed by atoms with E-state index >= 15 is 0 Å². The van der Waals surface area contributed by atoms with E-state index in [9.17, 15) is 0 Å². The molecule has 2 aliphatic rings. The van der Waals surface area contributed by atoms with Crippen LogP contribution in [0.1, 0.15) is 13.8 Å². The molecule has 0 aromatic heterocycles. The van der Waals surface area contributed by atoms with Crippen LogP contribution < -0.4 is 0 Å². The number of nitrogens with zero attached hydrogens (tertiary/aromatic N) is 1. The number of hydrogen-bond acceptors (Lipinski definition) is 6. The summed E-state index contributed by atoms with van der Waals surface area (Å²) in [5.74, 6) is -0.688. The van der Waals surface area contributed by atoms with Crippen LogP contribution in [0.4, 0.5) is 0 Å². The number of ether oxygens (including phenoxy) is 4. The van der Waals surface area contributed by atoms with Gasteiger partial charge in [0.15, 0.2) is 12.1 Å². The maximum atomic E-state index is 8.57. The van der Waals surface area contributed by atoms with Crippen molar-refractivity contribution in [2.45, 2.75) is 44.2 Å². The van der Waals surface area contributed by atoms with E-state index in [-0.39, 0.29) is 12.2 Å². The van der Waals surface area contributed by atoms with Crippen molar-refractivity contribution in [3.05, 3.63) is 12.7 Å². The Balaban J connectivity index is 2.08. The Hall–Kier alpha value is -0.950. The van der Waals surface area contributed by atoms with Gasteiger partial charge < -0.3 is 24.2 Å². The lowest BCUT2D eigenvalue weighted by molar-refractivity contribution is -0.208. The number of fused-ring (bicyclic) bond motifs is 1. The largest absolute Gasteiger partial charge is 0.411 e. The molecule has 0 aromatic carbocycles. The zero-order chi connectivity index (χ0) is 12.5. The highest BCUT2D eigenvalue weighted by atomic mass is 16.8. The number of rotatable bonds is 4. The topological polar surface area (TPSA) is 69.5 Å². The predicted octanol–water partition coefficient (Wildman–Crippen LogP) is 0.894. The van der Waals surface area contributed by atoms with Crippen LogP contribution in [0.15, 0.2) is 17.8 Å². The van der Waals surface area contributed by atoms with Gasteiger partial charge in [0, 0.05) is 0 Å². The fourth-order valence-electron chi connectivity index (χ4n) is 2.06. The van der Waals surface area contributed by atoms with Crippen LogP contribution in [-0.2, 0) is 18.9 Å². The zero-order valence-corrected chi connectivity index (χ0v) is 9.91. The molecular weight excluding hydrogens is 226 g/mol. The monoisotopic (exact) mass is 243 g/mol. The molecule has 4 atom stereocenters. The Labute approximate surface area is 99.8 Å². The van der Waals surface area contributed by atoms with Crippen molar-refractivity contribution in [3.8, 4) is 0 Å². The van der Waals surface area contributed by atoms with Gasteiger partial charge in [0.05, 0.1) is 12.8 Å². The molecule has 0 amide bonds. The van der Waals surface area contributed by atoms with Crippen molar-refractivity contribution < 1.29 is 24.2 Å². The predicted molar refractivity (Wildman–Crippen MR) is 58.9 cm³/mol. The van der Waals surface area contributed by atoms with Crippen molar-refractivity contribution in [3.63, 3.8) is 0 Å². The molecule has 2 fully saturated rings. The number of hydrogen-bond donors (Lipinski definition) is 1. The summed E-state index contributed by atoms with van der Waals surface area (Å²) in [6, 6.07) is 0. The normalized spacial score (nSPS) is 39.6. The third kappa shape index (κ3) is 2.50. The van der Waals surface area contributed by atoms with E-state index in [2.05, 4.69) is 11.7 Å². The molecule has 0 aliphatic carbocycles. The minimum absolute atomic E-state index is 0.326. The van der Waals surface area contributed by atoms with Crippen LogP contribution in [0.3, 0.4) is 0 Å². The third-order valence-electron chi connectivity index (χ3n) is 2.65. The Morgan fingerprint density at radius 3 is 2.88 bits per heavy atom. The first-order valence-corrected chi connectivity index (χ1v) is 5.48. The minimum atomic E-state index is -0.688. The molecule has 96 valence electrons. The van der Waals surface area contributed by atoms with Gasteiger partial charge in [-0.1, -0.05) is 11.2 Å². The van der Waals surface area contributed by atoms with Gasteiger partial charge in [-0.25, -0.2) is 0 Å². The Morgan fingerprint density at radius 1 is 1.47 bits per heavy atom. The van der Waals surface area contributed by atoms with E-state index in [4.69, 9.17) is 24.2 Å². The van der Waals surface area contributed by atoms with Crippen molar-refractivity contribution >= 4 is 6.21 Å². The third-order valence-corrected chi connectivity index (χ3v) is 2.65. The molecule has 2 rings (SSSR count). The zero-order valence-electron chi connectivity index (χ0n) is 9.91. The summed E-state index contributed by atoms with van der Waals surface area (Å²) in [5, 5.41) is 11.5. The SMILES string of the molecule is C=CCO[C@@H]1[C@H]2OC(C)(C)O[C@H]2O[C@@H]1C=NO. The van der Waals surface area contributed by atoms with Crippen LogP contribution in [0.5, 0.6) is 0 Å². The van der Waals surface area contributed by atoms with E-state index in [0.717, 1.165) is 0 Å². The lowest BCUT2D eigenvalue weighted by atomic mass is 10.1. The van der Waals surface area contributed by atoms with Gasteiger partial charge in [0.2, 0.25) is 0 Å². The molecule has 6 heteroatoms. The minimum Gasteiger partial charge on any atom is -0.411 e. The lowest BCUT2D eigenvalue weighted by Crippen LogP contribution is -2.37. The summed E-state index contributed by atoms with van der Waals surface area (Å²) in [4.78, 5) is 0. The second-order valence-electron chi connectivity index (χ2n) is 4.42. The molecule has 2 aliphatic heterocycles. The Kier molecular flexibility index (Phi) is 3.48. The first kappa shape index (κ1) is 12.5. The second kappa shape index (κ2) is 4.73. The summed E-state index contributed by atoms with van der Waals surface area (Å²) in [6.45, 7) is 7.59. The smallest absolute Gasteiger partial charge is 0.190 e. The van der Waals surface area contributed by atoms with E-state index in [1.165, 1.54) is 6.21 Å². The molecule has 0 bridgehead atoms. The van der Waals surface area contributed by atoms with Gasteiger partial charge >= 0.3 is 0 Å². The molecule has 0 unspecified atom stereocenters. The van der Waals surface area contributed by atoms with Crippen LogP contribution in [0.25, 0.3) is 0 Å². The summed E-state index contributed by atoms with van der Waals surface area (Å²) in [5.41, 5.74) is 0. The van der Waals surface area contributed by atoms with E-state index in [0.29, 0.717) is 6.61 Å². The highest BCUT2D eigenvalue weighted by molar-refractivity contribution is 5.64. The van der Waals surface area contributed by atoms with Gasteiger partial charge in [0.1, 0.15) is 18.3 Å². The highest BCUT2D eigenvalue weighted by Gasteiger charge is 2.55. The van der Waals surface area contributed by atoms with Crippen LogP contribution in [-0.4, -0.2) is 48.4 Å². The fourth-order valence-corrected chi connectivity index (χ4v) is 2.06. The summed E-state index contributed by atoms with van der Waals surface area (Å²) in [7, 11) is 0. The molecule has 2 heterocycles. The number of oxime groups is 1. The molecular formula is C11H17NO5. The first-order valence-electron chi connectivity index (χ1n) is 5.48. The first-order chi connectivity index (χ1) is 8.07. The van der Waals surface area contributed by atoms with Gasteiger partial charge in [-0.05, 0) is 13.8 Å². The molecule has 17 heavy (non-hydrogen) atoms. The van der Waals surface area contributed by atoms with Crippen molar-refractivity contribution in [1.29, 1.82) is 0 Å². The molecule has 0 aromatic rings. The average molecular weight is 243 g/mol. The maximum Gasteiger partial charge on any atom is 0.190 e. The quantitative estimate of drug-likeness (QED) is 0.344. The second-order valence-corrected chi connectivity index (χ2v) is 4.42. The molecule has 0 radical (unpaired) electrons. The van der Waals surface area contributed by atoms with Crippen LogP contribution >= 0.6 is 0 Å². The average Bonchev–Trinajstić information content (AvgIpc) is 2.68.